The van der Waals surface area contributed by atoms with Gasteiger partial charge in [0.15, 0.2) is 0 Å². The van der Waals surface area contributed by atoms with E-state index in [1.54, 1.807) is 5.56 Å². The van der Waals surface area contributed by atoms with Gasteiger partial charge in [-0.05, 0) is 87.2 Å². The van der Waals surface area contributed by atoms with Crippen molar-refractivity contribution in [1.29, 1.82) is 0 Å². The highest BCUT2D eigenvalue weighted by molar-refractivity contribution is 5.81. The van der Waals surface area contributed by atoms with E-state index in [0.717, 1.165) is 37.5 Å². The van der Waals surface area contributed by atoms with E-state index in [4.69, 9.17) is 0 Å². The second kappa shape index (κ2) is 15.2. The first-order valence-corrected chi connectivity index (χ1v) is 15.6. The number of carbonyl (C=O) groups is 1. The first-order valence-electron chi connectivity index (χ1n) is 15.6. The predicted molar refractivity (Wildman–Crippen MR) is 152 cm³/mol. The van der Waals surface area contributed by atoms with Gasteiger partial charge in [0.1, 0.15) is 5.78 Å². The zero-order valence-corrected chi connectivity index (χ0v) is 23.8. The molecule has 1 heteroatoms. The molecule has 3 rings (SSSR count). The standard InChI is InChI=1S/C34H56O/c1-5-7-10-18-32(33-23-26(3)19-20-27(33)4)30-16-13-17-31(25-30)34(35)22-21-28(6-2)24-29-14-11-8-9-12-15-29/h19-20,23,28-32H,5-18,21-22,24-25H2,1-4H3. The molecular formula is C34H56O. The fourth-order valence-corrected chi connectivity index (χ4v) is 7.41. The molecule has 35 heavy (non-hydrogen) atoms. The molecular weight excluding hydrogens is 424 g/mol. The van der Waals surface area contributed by atoms with Gasteiger partial charge in [0, 0.05) is 12.3 Å². The summed E-state index contributed by atoms with van der Waals surface area (Å²) in [6.07, 6.45) is 23.3. The lowest BCUT2D eigenvalue weighted by Gasteiger charge is -2.35. The average molecular weight is 481 g/mol. The van der Waals surface area contributed by atoms with Crippen LogP contribution in [-0.2, 0) is 4.79 Å². The van der Waals surface area contributed by atoms with E-state index in [1.165, 1.54) is 101 Å². The minimum absolute atomic E-state index is 0.322. The molecule has 4 unspecified atom stereocenters. The zero-order chi connectivity index (χ0) is 25.0. The molecule has 1 aromatic rings. The Morgan fingerprint density at radius 3 is 2.40 bits per heavy atom. The molecule has 0 radical (unpaired) electrons. The molecule has 198 valence electrons. The molecule has 2 aliphatic rings. The van der Waals surface area contributed by atoms with Crippen molar-refractivity contribution in [3.8, 4) is 0 Å². The Bertz CT molecular complexity index is 741. The van der Waals surface area contributed by atoms with Gasteiger partial charge in [0.2, 0.25) is 0 Å². The van der Waals surface area contributed by atoms with Crippen molar-refractivity contribution in [2.45, 2.75) is 149 Å². The second-order valence-electron chi connectivity index (χ2n) is 12.5. The number of ketones is 1. The molecule has 2 saturated carbocycles. The summed E-state index contributed by atoms with van der Waals surface area (Å²) in [6.45, 7) is 9.19. The molecule has 1 aromatic carbocycles. The molecule has 0 amide bonds. The van der Waals surface area contributed by atoms with Crippen LogP contribution >= 0.6 is 0 Å². The van der Waals surface area contributed by atoms with Gasteiger partial charge < -0.3 is 0 Å². The smallest absolute Gasteiger partial charge is 0.135 e. The fraction of sp³-hybridized carbons (Fsp3) is 0.794. The van der Waals surface area contributed by atoms with Gasteiger partial charge in [-0.25, -0.2) is 0 Å². The normalized spacial score (nSPS) is 23.5. The van der Waals surface area contributed by atoms with Crippen LogP contribution in [0, 0.1) is 37.5 Å². The highest BCUT2D eigenvalue weighted by atomic mass is 16.1. The van der Waals surface area contributed by atoms with Crippen LogP contribution in [0.5, 0.6) is 0 Å². The van der Waals surface area contributed by atoms with Crippen molar-refractivity contribution >= 4 is 5.78 Å². The molecule has 0 bridgehead atoms. The monoisotopic (exact) mass is 480 g/mol. The Hall–Kier alpha value is -1.11. The van der Waals surface area contributed by atoms with Crippen LogP contribution in [0.15, 0.2) is 18.2 Å². The molecule has 0 N–H and O–H groups in total. The predicted octanol–water partition coefficient (Wildman–Crippen LogP) is 10.5. The summed E-state index contributed by atoms with van der Waals surface area (Å²) in [5.74, 6) is 3.93. The van der Waals surface area contributed by atoms with Crippen molar-refractivity contribution in [2.75, 3.05) is 0 Å². The van der Waals surface area contributed by atoms with E-state index in [9.17, 15) is 4.79 Å². The second-order valence-corrected chi connectivity index (χ2v) is 12.5. The van der Waals surface area contributed by atoms with E-state index in [1.807, 2.05) is 0 Å². The molecule has 0 aromatic heterocycles. The number of hydrogen-bond acceptors (Lipinski definition) is 1. The summed E-state index contributed by atoms with van der Waals surface area (Å²) in [6, 6.07) is 7.03. The summed E-state index contributed by atoms with van der Waals surface area (Å²) < 4.78 is 0. The lowest BCUT2D eigenvalue weighted by Crippen LogP contribution is -2.27. The van der Waals surface area contributed by atoms with E-state index in [-0.39, 0.29) is 0 Å². The van der Waals surface area contributed by atoms with Gasteiger partial charge in [0.25, 0.3) is 0 Å². The SMILES string of the molecule is CCCCCC(c1cc(C)ccc1C)C1CCCC(C(=O)CCC(CC)CC2CCCCCC2)C1. The van der Waals surface area contributed by atoms with E-state index < -0.39 is 0 Å². The van der Waals surface area contributed by atoms with Crippen LogP contribution in [-0.4, -0.2) is 5.78 Å². The minimum atomic E-state index is 0.322. The summed E-state index contributed by atoms with van der Waals surface area (Å²) in [7, 11) is 0. The first kappa shape index (κ1) is 28.5. The zero-order valence-electron chi connectivity index (χ0n) is 23.8. The summed E-state index contributed by atoms with van der Waals surface area (Å²) >= 11 is 0. The molecule has 0 heterocycles. The molecule has 0 aliphatic heterocycles. The van der Waals surface area contributed by atoms with E-state index >= 15 is 0 Å². The maximum absolute atomic E-state index is 13.5. The molecule has 4 atom stereocenters. The van der Waals surface area contributed by atoms with Crippen molar-refractivity contribution in [2.24, 2.45) is 23.7 Å². The lowest BCUT2D eigenvalue weighted by molar-refractivity contribution is -0.124. The van der Waals surface area contributed by atoms with Gasteiger partial charge in [-0.15, -0.1) is 0 Å². The largest absolute Gasteiger partial charge is 0.299 e. The van der Waals surface area contributed by atoms with Crippen LogP contribution in [0.3, 0.4) is 0 Å². The first-order chi connectivity index (χ1) is 17.0. The average Bonchev–Trinajstić information content (AvgIpc) is 3.14. The number of Topliss-reactive ketones (excluding diaryl/α,β-unsaturated/α-hetero) is 1. The van der Waals surface area contributed by atoms with Crippen LogP contribution in [0.25, 0.3) is 0 Å². The maximum Gasteiger partial charge on any atom is 0.135 e. The van der Waals surface area contributed by atoms with Crippen molar-refractivity contribution in [3.05, 3.63) is 34.9 Å². The Morgan fingerprint density at radius 1 is 0.914 bits per heavy atom. The third kappa shape index (κ3) is 9.05. The number of hydrogen-bond donors (Lipinski definition) is 0. The minimum Gasteiger partial charge on any atom is -0.299 e. The lowest BCUT2D eigenvalue weighted by atomic mass is 9.69. The molecule has 0 saturated heterocycles. The molecule has 2 aliphatic carbocycles. The Labute approximate surface area is 218 Å². The quantitative estimate of drug-likeness (QED) is 0.203. The number of rotatable bonds is 13. The number of aryl methyl sites for hydroxylation is 2. The summed E-state index contributed by atoms with van der Waals surface area (Å²) in [5.41, 5.74) is 4.41. The van der Waals surface area contributed by atoms with Crippen molar-refractivity contribution in [1.82, 2.24) is 0 Å². The topological polar surface area (TPSA) is 17.1 Å². The van der Waals surface area contributed by atoms with E-state index in [2.05, 4.69) is 45.9 Å². The summed E-state index contributed by atoms with van der Waals surface area (Å²) in [4.78, 5) is 13.5. The highest BCUT2D eigenvalue weighted by Crippen LogP contribution is 2.43. The number of carbonyl (C=O) groups excluding carboxylic acids is 1. The third-order valence-corrected chi connectivity index (χ3v) is 9.71. The fourth-order valence-electron chi connectivity index (χ4n) is 7.41. The Kier molecular flexibility index (Phi) is 12.4. The van der Waals surface area contributed by atoms with Crippen LogP contribution in [0.2, 0.25) is 0 Å². The third-order valence-electron chi connectivity index (χ3n) is 9.71. The van der Waals surface area contributed by atoms with Crippen molar-refractivity contribution in [3.63, 3.8) is 0 Å². The Morgan fingerprint density at radius 2 is 1.69 bits per heavy atom. The van der Waals surface area contributed by atoms with Gasteiger partial charge in [-0.3, -0.25) is 4.79 Å². The Balaban J connectivity index is 1.58. The van der Waals surface area contributed by atoms with Gasteiger partial charge >= 0.3 is 0 Å². The molecule has 0 spiro atoms. The highest BCUT2D eigenvalue weighted by Gasteiger charge is 2.33. The van der Waals surface area contributed by atoms with Gasteiger partial charge in [0.05, 0.1) is 0 Å². The number of benzene rings is 1. The van der Waals surface area contributed by atoms with Crippen LogP contribution < -0.4 is 0 Å². The van der Waals surface area contributed by atoms with Crippen molar-refractivity contribution < 1.29 is 4.79 Å². The van der Waals surface area contributed by atoms with Gasteiger partial charge in [-0.2, -0.15) is 0 Å². The molecule has 1 nitrogen and oxygen atoms in total. The van der Waals surface area contributed by atoms with E-state index in [0.29, 0.717) is 23.5 Å². The van der Waals surface area contributed by atoms with Gasteiger partial charge in [-0.1, -0.05) is 108 Å². The van der Waals surface area contributed by atoms with Crippen LogP contribution in [0.4, 0.5) is 0 Å². The summed E-state index contributed by atoms with van der Waals surface area (Å²) in [5, 5.41) is 0. The number of unbranched alkanes of at least 4 members (excludes halogenated alkanes) is 2. The molecule has 2 fully saturated rings. The van der Waals surface area contributed by atoms with Crippen LogP contribution in [0.1, 0.15) is 152 Å². The maximum atomic E-state index is 13.5.